The van der Waals surface area contributed by atoms with Crippen LogP contribution in [0.15, 0.2) is 36.5 Å². The fraction of sp³-hybridized carbons (Fsp3) is 0.360. The van der Waals surface area contributed by atoms with Crippen LogP contribution in [-0.4, -0.2) is 31.4 Å². The van der Waals surface area contributed by atoms with Gasteiger partial charge < -0.3 is 18.9 Å². The van der Waals surface area contributed by atoms with E-state index in [0.29, 0.717) is 28.7 Å². The summed E-state index contributed by atoms with van der Waals surface area (Å²) in [5.74, 6) is 2.53. The number of amides is 1. The van der Waals surface area contributed by atoms with Crippen molar-refractivity contribution >= 4 is 22.7 Å². The third-order valence-corrected chi connectivity index (χ3v) is 5.59. The van der Waals surface area contributed by atoms with Gasteiger partial charge in [-0.25, -0.2) is 4.79 Å². The van der Waals surface area contributed by atoms with Crippen molar-refractivity contribution in [2.24, 2.45) is 0 Å². The Morgan fingerprint density at radius 2 is 1.62 bits per heavy atom. The monoisotopic (exact) mass is 438 g/mol. The first-order valence-electron chi connectivity index (χ1n) is 10.7. The number of nitrogens with zero attached hydrogens (tertiary/aromatic N) is 1. The van der Waals surface area contributed by atoms with Gasteiger partial charge in [-0.2, -0.15) is 0 Å². The lowest BCUT2D eigenvalue weighted by Crippen LogP contribution is -2.21. The summed E-state index contributed by atoms with van der Waals surface area (Å²) in [6.45, 7) is 7.89. The molecule has 32 heavy (non-hydrogen) atoms. The number of benzene rings is 2. The lowest BCUT2D eigenvalue weighted by molar-refractivity contribution is 0.106. The van der Waals surface area contributed by atoms with Gasteiger partial charge in [-0.05, 0) is 62.1 Å². The Hall–Kier alpha value is -3.48. The van der Waals surface area contributed by atoms with Crippen LogP contribution in [0.3, 0.4) is 0 Å². The summed E-state index contributed by atoms with van der Waals surface area (Å²) in [6.07, 6.45) is 2.72. The van der Waals surface area contributed by atoms with E-state index in [1.165, 1.54) is 0 Å². The van der Waals surface area contributed by atoms with Crippen molar-refractivity contribution in [3.8, 4) is 23.0 Å². The number of hydrogen-bond acceptors (Lipinski definition) is 6. The second-order valence-electron chi connectivity index (χ2n) is 7.47. The summed E-state index contributed by atoms with van der Waals surface area (Å²) in [6, 6.07) is 9.13. The van der Waals surface area contributed by atoms with Crippen molar-refractivity contribution in [3.63, 3.8) is 0 Å². The Kier molecular flexibility index (Phi) is 7.41. The highest BCUT2D eigenvalue weighted by Gasteiger charge is 2.16. The van der Waals surface area contributed by atoms with Crippen LogP contribution in [0.25, 0.3) is 10.9 Å². The SMILES string of the molecule is CCC(CC)OC(=O)Nc1ccc(Oc2ccnc3cc(OC)c(OC)cc23)c(C)c1C. The number of carbonyl (C=O) groups excluding carboxylic acids is 1. The molecule has 3 rings (SSSR count). The van der Waals surface area contributed by atoms with Gasteiger partial charge in [0, 0.05) is 23.3 Å². The van der Waals surface area contributed by atoms with E-state index in [2.05, 4.69) is 10.3 Å². The van der Waals surface area contributed by atoms with Gasteiger partial charge in [-0.3, -0.25) is 10.3 Å². The molecule has 170 valence electrons. The van der Waals surface area contributed by atoms with Crippen LogP contribution in [0, 0.1) is 13.8 Å². The predicted molar refractivity (Wildman–Crippen MR) is 125 cm³/mol. The maximum Gasteiger partial charge on any atom is 0.411 e. The lowest BCUT2D eigenvalue weighted by atomic mass is 10.1. The van der Waals surface area contributed by atoms with Crippen LogP contribution in [0.5, 0.6) is 23.0 Å². The number of fused-ring (bicyclic) bond motifs is 1. The number of methoxy groups -OCH3 is 2. The summed E-state index contributed by atoms with van der Waals surface area (Å²) in [4.78, 5) is 16.7. The van der Waals surface area contributed by atoms with Crippen molar-refractivity contribution in [3.05, 3.63) is 47.7 Å². The smallest absolute Gasteiger partial charge is 0.411 e. The molecule has 0 saturated heterocycles. The Bertz CT molecular complexity index is 1110. The van der Waals surface area contributed by atoms with Crippen LogP contribution in [0.4, 0.5) is 10.5 Å². The summed E-state index contributed by atoms with van der Waals surface area (Å²) < 4.78 is 22.5. The summed E-state index contributed by atoms with van der Waals surface area (Å²) in [5, 5.41) is 3.65. The van der Waals surface area contributed by atoms with Gasteiger partial charge in [0.25, 0.3) is 0 Å². The lowest BCUT2D eigenvalue weighted by Gasteiger charge is -2.18. The maximum absolute atomic E-state index is 12.2. The first-order chi connectivity index (χ1) is 15.4. The van der Waals surface area contributed by atoms with Crippen LogP contribution >= 0.6 is 0 Å². The second kappa shape index (κ2) is 10.2. The Morgan fingerprint density at radius 1 is 0.938 bits per heavy atom. The number of anilines is 1. The van der Waals surface area contributed by atoms with Gasteiger partial charge in [0.1, 0.15) is 17.6 Å². The Morgan fingerprint density at radius 3 is 2.28 bits per heavy atom. The molecular weight excluding hydrogens is 408 g/mol. The highest BCUT2D eigenvalue weighted by molar-refractivity contribution is 5.89. The second-order valence-corrected chi connectivity index (χ2v) is 7.47. The number of aromatic nitrogens is 1. The molecule has 0 aliphatic carbocycles. The molecule has 0 aliphatic heterocycles. The van der Waals surface area contributed by atoms with Crippen molar-refractivity contribution in [1.29, 1.82) is 0 Å². The molecule has 2 aromatic carbocycles. The quantitative estimate of drug-likeness (QED) is 0.438. The summed E-state index contributed by atoms with van der Waals surface area (Å²) >= 11 is 0. The van der Waals surface area contributed by atoms with E-state index in [1.54, 1.807) is 20.4 Å². The van der Waals surface area contributed by atoms with E-state index in [-0.39, 0.29) is 6.10 Å². The fourth-order valence-electron chi connectivity index (χ4n) is 3.44. The average Bonchev–Trinajstić information content (AvgIpc) is 2.81. The van der Waals surface area contributed by atoms with E-state index in [1.807, 2.05) is 58.0 Å². The van der Waals surface area contributed by atoms with Gasteiger partial charge in [0.2, 0.25) is 0 Å². The zero-order valence-electron chi connectivity index (χ0n) is 19.4. The minimum absolute atomic E-state index is 0.0883. The van der Waals surface area contributed by atoms with Gasteiger partial charge >= 0.3 is 6.09 Å². The van der Waals surface area contributed by atoms with E-state index >= 15 is 0 Å². The standard InChI is InChI=1S/C25H30N2O5/c1-7-17(8-2)31-25(28)27-19-9-10-21(16(4)15(19)3)32-22-11-12-26-20-14-24(30-6)23(29-5)13-18(20)22/h9-14,17H,7-8H2,1-6H3,(H,27,28). The molecule has 0 saturated carbocycles. The van der Waals surface area contributed by atoms with Gasteiger partial charge in [-0.15, -0.1) is 0 Å². The molecule has 0 unspecified atom stereocenters. The molecule has 0 radical (unpaired) electrons. The van der Waals surface area contributed by atoms with Crippen molar-refractivity contribution in [2.45, 2.75) is 46.6 Å². The van der Waals surface area contributed by atoms with Crippen molar-refractivity contribution in [1.82, 2.24) is 4.98 Å². The van der Waals surface area contributed by atoms with E-state index in [4.69, 9.17) is 18.9 Å². The van der Waals surface area contributed by atoms with E-state index in [9.17, 15) is 4.79 Å². The molecule has 3 aromatic rings. The topological polar surface area (TPSA) is 78.9 Å². The van der Waals surface area contributed by atoms with Crippen molar-refractivity contribution in [2.75, 3.05) is 19.5 Å². The largest absolute Gasteiger partial charge is 0.493 e. The number of ether oxygens (including phenoxy) is 4. The summed E-state index contributed by atoms with van der Waals surface area (Å²) in [7, 11) is 3.18. The number of nitrogens with one attached hydrogen (secondary N) is 1. The van der Waals surface area contributed by atoms with Gasteiger partial charge in [-0.1, -0.05) is 13.8 Å². The number of pyridine rings is 1. The van der Waals surface area contributed by atoms with Gasteiger partial charge in [0.15, 0.2) is 11.5 Å². The maximum atomic E-state index is 12.2. The molecule has 0 spiro atoms. The molecule has 7 nitrogen and oxygen atoms in total. The van der Waals surface area contributed by atoms with Crippen LogP contribution in [0.1, 0.15) is 37.8 Å². The van der Waals surface area contributed by atoms with Crippen LogP contribution in [0.2, 0.25) is 0 Å². The number of carbonyl (C=O) groups is 1. The minimum atomic E-state index is -0.448. The molecule has 0 aliphatic rings. The predicted octanol–water partition coefficient (Wildman–Crippen LogP) is 6.40. The molecule has 1 aromatic heterocycles. The molecule has 0 bridgehead atoms. The van der Waals surface area contributed by atoms with Crippen LogP contribution in [-0.2, 0) is 4.74 Å². The number of rotatable bonds is 8. The van der Waals surface area contributed by atoms with Gasteiger partial charge in [0.05, 0.1) is 19.7 Å². The first kappa shape index (κ1) is 23.2. The third-order valence-electron chi connectivity index (χ3n) is 5.59. The molecular formula is C25H30N2O5. The van der Waals surface area contributed by atoms with Crippen LogP contribution < -0.4 is 19.5 Å². The molecule has 1 N–H and O–H groups in total. The average molecular weight is 439 g/mol. The molecule has 7 heteroatoms. The first-order valence-corrected chi connectivity index (χ1v) is 10.7. The van der Waals surface area contributed by atoms with Crippen molar-refractivity contribution < 1.29 is 23.7 Å². The normalized spacial score (nSPS) is 10.8. The number of hydrogen-bond donors (Lipinski definition) is 1. The highest BCUT2D eigenvalue weighted by atomic mass is 16.6. The Labute approximate surface area is 188 Å². The molecule has 0 fully saturated rings. The molecule has 1 heterocycles. The zero-order valence-corrected chi connectivity index (χ0v) is 19.4. The Balaban J connectivity index is 1.88. The minimum Gasteiger partial charge on any atom is -0.493 e. The highest BCUT2D eigenvalue weighted by Crippen LogP contribution is 2.38. The van der Waals surface area contributed by atoms with E-state index < -0.39 is 6.09 Å². The fourth-order valence-corrected chi connectivity index (χ4v) is 3.44. The third kappa shape index (κ3) is 4.88. The van der Waals surface area contributed by atoms with E-state index in [0.717, 1.165) is 34.9 Å². The summed E-state index contributed by atoms with van der Waals surface area (Å²) in [5.41, 5.74) is 3.24. The molecule has 1 amide bonds. The molecule has 0 atom stereocenters. The zero-order chi connectivity index (χ0) is 23.3.